The summed E-state index contributed by atoms with van der Waals surface area (Å²) in [5, 5.41) is 12.4. The number of aromatic nitrogens is 2. The van der Waals surface area contributed by atoms with Gasteiger partial charge in [-0.25, -0.2) is 8.78 Å². The Kier molecular flexibility index (Phi) is 5.97. The van der Waals surface area contributed by atoms with Gasteiger partial charge in [0, 0.05) is 50.5 Å². The van der Waals surface area contributed by atoms with Crippen molar-refractivity contribution in [1.29, 1.82) is 0 Å². The van der Waals surface area contributed by atoms with E-state index in [2.05, 4.69) is 25.7 Å². The van der Waals surface area contributed by atoms with Gasteiger partial charge >= 0.3 is 17.8 Å². The summed E-state index contributed by atoms with van der Waals surface area (Å²) in [5.41, 5.74) is 1.44. The first-order valence-corrected chi connectivity index (χ1v) is 9.86. The van der Waals surface area contributed by atoms with E-state index in [4.69, 9.17) is 4.42 Å². The zero-order chi connectivity index (χ0) is 22.7. The predicted molar refractivity (Wildman–Crippen MR) is 113 cm³/mol. The lowest BCUT2D eigenvalue weighted by Gasteiger charge is -2.35. The smallest absolute Gasteiger partial charge is 0.320 e. The first-order chi connectivity index (χ1) is 15.4. The van der Waals surface area contributed by atoms with Gasteiger partial charge in [0.1, 0.15) is 11.6 Å². The van der Waals surface area contributed by atoms with Crippen LogP contribution in [0.15, 0.2) is 46.9 Å². The number of benzene rings is 2. The van der Waals surface area contributed by atoms with Crippen molar-refractivity contribution in [1.82, 2.24) is 15.1 Å². The van der Waals surface area contributed by atoms with Gasteiger partial charge in [-0.05, 0) is 36.4 Å². The average Bonchev–Trinajstić information content (AvgIpc) is 3.25. The van der Waals surface area contributed by atoms with Gasteiger partial charge in [0.05, 0.1) is 5.69 Å². The molecule has 1 aliphatic heterocycles. The molecule has 9 nitrogen and oxygen atoms in total. The Morgan fingerprint density at radius 3 is 2.38 bits per heavy atom. The highest BCUT2D eigenvalue weighted by molar-refractivity contribution is 6.01. The van der Waals surface area contributed by atoms with Crippen molar-refractivity contribution in [3.8, 4) is 0 Å². The number of anilines is 4. The van der Waals surface area contributed by atoms with E-state index in [-0.39, 0.29) is 23.5 Å². The molecular weight excluding hydrogens is 422 g/mol. The summed E-state index contributed by atoms with van der Waals surface area (Å²) in [4.78, 5) is 27.8. The van der Waals surface area contributed by atoms with Gasteiger partial charge < -0.3 is 24.9 Å². The van der Waals surface area contributed by atoms with Crippen LogP contribution in [0.4, 0.5) is 31.9 Å². The molecule has 0 saturated carbocycles. The summed E-state index contributed by atoms with van der Waals surface area (Å²) in [6.07, 6.45) is 0. The van der Waals surface area contributed by atoms with Crippen LogP contribution in [-0.2, 0) is 4.79 Å². The lowest BCUT2D eigenvalue weighted by Crippen LogP contribution is -2.48. The highest BCUT2D eigenvalue weighted by Crippen LogP contribution is 2.22. The number of carbonyl (C=O) groups is 2. The van der Waals surface area contributed by atoms with Crippen LogP contribution >= 0.6 is 0 Å². The summed E-state index contributed by atoms with van der Waals surface area (Å²) in [5.74, 6) is -2.43. The minimum atomic E-state index is -0.836. The normalized spacial score (nSPS) is 13.7. The number of hydrogen-bond acceptors (Lipinski definition) is 7. The van der Waals surface area contributed by atoms with E-state index in [9.17, 15) is 18.4 Å². The highest BCUT2D eigenvalue weighted by Gasteiger charge is 2.19. The molecule has 0 atom stereocenters. The van der Waals surface area contributed by atoms with Crippen molar-refractivity contribution in [2.45, 2.75) is 6.92 Å². The predicted octanol–water partition coefficient (Wildman–Crippen LogP) is 3.01. The Bertz CT molecular complexity index is 1130. The lowest BCUT2D eigenvalue weighted by atomic mass is 10.2. The van der Waals surface area contributed by atoms with Crippen molar-refractivity contribution in [2.24, 2.45) is 0 Å². The van der Waals surface area contributed by atoms with Crippen LogP contribution in [0.5, 0.6) is 0 Å². The molecule has 0 bridgehead atoms. The SMILES string of the molecule is CC(=O)N1CCN(c2ccc(NC(=O)c3nnc(Nc4ccc(F)cc4F)o3)cc2)CC1. The molecule has 2 N–H and O–H groups in total. The Hall–Kier alpha value is -4.02. The van der Waals surface area contributed by atoms with Crippen LogP contribution in [0.25, 0.3) is 0 Å². The summed E-state index contributed by atoms with van der Waals surface area (Å²) in [6.45, 7) is 4.37. The van der Waals surface area contributed by atoms with Crippen molar-refractivity contribution in [2.75, 3.05) is 41.7 Å². The number of carbonyl (C=O) groups excluding carboxylic acids is 2. The first kappa shape index (κ1) is 21.2. The molecule has 4 rings (SSSR count). The van der Waals surface area contributed by atoms with Crippen LogP contribution < -0.4 is 15.5 Å². The monoisotopic (exact) mass is 442 g/mol. The number of nitrogens with one attached hydrogen (secondary N) is 2. The molecular formula is C21H20F2N6O3. The van der Waals surface area contributed by atoms with Crippen LogP contribution in [0.3, 0.4) is 0 Å². The largest absolute Gasteiger partial charge is 0.399 e. The number of piperazine rings is 1. The fourth-order valence-corrected chi connectivity index (χ4v) is 3.29. The lowest BCUT2D eigenvalue weighted by molar-refractivity contribution is -0.129. The molecule has 3 aromatic rings. The third-order valence-corrected chi connectivity index (χ3v) is 5.01. The molecule has 1 aliphatic rings. The van der Waals surface area contributed by atoms with Crippen molar-refractivity contribution >= 4 is 34.9 Å². The third-order valence-electron chi connectivity index (χ3n) is 5.01. The van der Waals surface area contributed by atoms with E-state index < -0.39 is 17.5 Å². The van der Waals surface area contributed by atoms with E-state index in [1.54, 1.807) is 19.1 Å². The maximum Gasteiger partial charge on any atom is 0.320 e. The van der Waals surface area contributed by atoms with Gasteiger partial charge in [-0.2, -0.15) is 0 Å². The van der Waals surface area contributed by atoms with Crippen LogP contribution in [0.2, 0.25) is 0 Å². The number of rotatable bonds is 5. The summed E-state index contributed by atoms with van der Waals surface area (Å²) in [6, 6.07) is 9.98. The summed E-state index contributed by atoms with van der Waals surface area (Å²) >= 11 is 0. The van der Waals surface area contributed by atoms with Crippen molar-refractivity contribution < 1.29 is 22.8 Å². The molecule has 0 spiro atoms. The number of nitrogens with zero attached hydrogens (tertiary/aromatic N) is 4. The molecule has 11 heteroatoms. The molecule has 1 aromatic heterocycles. The number of halogens is 2. The minimum Gasteiger partial charge on any atom is -0.399 e. The fourth-order valence-electron chi connectivity index (χ4n) is 3.29. The fraction of sp³-hybridized carbons (Fsp3) is 0.238. The van der Waals surface area contributed by atoms with Crippen molar-refractivity contribution in [3.05, 3.63) is 60.0 Å². The third kappa shape index (κ3) is 4.82. The van der Waals surface area contributed by atoms with E-state index >= 15 is 0 Å². The Morgan fingerprint density at radius 1 is 1.00 bits per heavy atom. The van der Waals surface area contributed by atoms with Crippen molar-refractivity contribution in [3.63, 3.8) is 0 Å². The zero-order valence-corrected chi connectivity index (χ0v) is 17.1. The van der Waals surface area contributed by atoms with Gasteiger partial charge in [-0.1, -0.05) is 5.10 Å². The molecule has 0 aliphatic carbocycles. The quantitative estimate of drug-likeness (QED) is 0.626. The van der Waals surface area contributed by atoms with Gasteiger partial charge in [0.25, 0.3) is 0 Å². The standard InChI is InChI=1S/C21H20F2N6O3/c1-13(30)28-8-10-29(11-9-28)16-5-3-15(4-6-16)24-19(31)20-26-27-21(32-20)25-18-7-2-14(22)12-17(18)23/h2-7,12H,8-11H2,1H3,(H,24,31)(H,25,27). The first-order valence-electron chi connectivity index (χ1n) is 9.86. The van der Waals surface area contributed by atoms with Gasteiger partial charge in [-0.15, -0.1) is 5.10 Å². The van der Waals surface area contributed by atoms with Crippen LogP contribution in [-0.4, -0.2) is 53.1 Å². The molecule has 2 amide bonds. The second kappa shape index (κ2) is 9.00. The molecule has 2 aromatic carbocycles. The molecule has 166 valence electrons. The minimum absolute atomic E-state index is 0.0678. The second-order valence-corrected chi connectivity index (χ2v) is 7.16. The number of amides is 2. The zero-order valence-electron chi connectivity index (χ0n) is 17.1. The highest BCUT2D eigenvalue weighted by atomic mass is 19.1. The van der Waals surface area contributed by atoms with E-state index in [0.717, 1.165) is 24.8 Å². The van der Waals surface area contributed by atoms with E-state index in [1.807, 2.05) is 17.0 Å². The van der Waals surface area contributed by atoms with Gasteiger partial charge in [-0.3, -0.25) is 9.59 Å². The Labute approximate surface area is 182 Å². The van der Waals surface area contributed by atoms with Gasteiger partial charge in [0.15, 0.2) is 0 Å². The van der Waals surface area contributed by atoms with E-state index in [1.165, 1.54) is 6.07 Å². The molecule has 2 heterocycles. The maximum atomic E-state index is 13.7. The maximum absolute atomic E-state index is 13.7. The molecule has 1 fully saturated rings. The average molecular weight is 442 g/mol. The Balaban J connectivity index is 1.35. The second-order valence-electron chi connectivity index (χ2n) is 7.16. The summed E-state index contributed by atoms with van der Waals surface area (Å²) in [7, 11) is 0. The summed E-state index contributed by atoms with van der Waals surface area (Å²) < 4.78 is 31.9. The molecule has 0 unspecified atom stereocenters. The van der Waals surface area contributed by atoms with Crippen LogP contribution in [0.1, 0.15) is 17.6 Å². The molecule has 32 heavy (non-hydrogen) atoms. The van der Waals surface area contributed by atoms with E-state index in [0.29, 0.717) is 24.8 Å². The molecule has 0 radical (unpaired) electrons. The van der Waals surface area contributed by atoms with Crippen LogP contribution in [0, 0.1) is 11.6 Å². The number of hydrogen-bond donors (Lipinski definition) is 2. The Morgan fingerprint density at radius 2 is 1.72 bits per heavy atom. The van der Waals surface area contributed by atoms with Gasteiger partial charge in [0.2, 0.25) is 5.91 Å². The topological polar surface area (TPSA) is 104 Å². The molecule has 1 saturated heterocycles.